The van der Waals surface area contributed by atoms with Gasteiger partial charge in [-0.15, -0.1) is 0 Å². The van der Waals surface area contributed by atoms with Crippen LogP contribution in [0.4, 0.5) is 28.7 Å². The van der Waals surface area contributed by atoms with Crippen molar-refractivity contribution in [3.63, 3.8) is 0 Å². The van der Waals surface area contributed by atoms with Crippen LogP contribution in [0.5, 0.6) is 0 Å². The van der Waals surface area contributed by atoms with E-state index in [1.165, 1.54) is 152 Å². The number of halogens is 1. The molecule has 20 rings (SSSR count). The zero-order valence-corrected chi connectivity index (χ0v) is 57.8. The first-order chi connectivity index (χ1) is 51.0. The second kappa shape index (κ2) is 27.2. The van der Waals surface area contributed by atoms with Crippen molar-refractivity contribution in [3.8, 4) is 44.5 Å². The van der Waals surface area contributed by atoms with Gasteiger partial charge in [-0.1, -0.05) is 307 Å². The summed E-state index contributed by atoms with van der Waals surface area (Å²) in [6, 6.07) is 135. The third kappa shape index (κ3) is 12.0. The maximum atomic E-state index is 4.90. The van der Waals surface area contributed by atoms with Crippen molar-refractivity contribution in [2.24, 2.45) is 0 Å². The van der Waals surface area contributed by atoms with Crippen LogP contribution in [0.15, 0.2) is 393 Å². The second-order valence-electron chi connectivity index (χ2n) is 26.1. The van der Waals surface area contributed by atoms with Crippen molar-refractivity contribution in [1.82, 2.24) is 9.97 Å². The van der Waals surface area contributed by atoms with Gasteiger partial charge in [-0.2, -0.15) is 0 Å². The Morgan fingerprint density at radius 3 is 1.06 bits per heavy atom. The van der Waals surface area contributed by atoms with Crippen LogP contribution in [0.1, 0.15) is 0 Å². The third-order valence-electron chi connectivity index (χ3n) is 20.0. The number of aromatic nitrogens is 2. The van der Waals surface area contributed by atoms with Gasteiger partial charge in [0.25, 0.3) is 0 Å². The Morgan fingerprint density at radius 1 is 0.233 bits per heavy atom. The van der Waals surface area contributed by atoms with Gasteiger partial charge in [-0.05, 0) is 226 Å². The van der Waals surface area contributed by atoms with E-state index in [1.807, 2.05) is 48.7 Å². The minimum absolute atomic E-state index is 0.865. The molecule has 1 N–H and O–H groups in total. The van der Waals surface area contributed by atoms with Crippen molar-refractivity contribution in [1.29, 1.82) is 0 Å². The first kappa shape index (κ1) is 62.2. The summed E-state index contributed by atoms with van der Waals surface area (Å²) in [4.78, 5) is 11.5. The number of anilines is 5. The van der Waals surface area contributed by atoms with Crippen molar-refractivity contribution < 1.29 is 0 Å². The molecule has 0 aliphatic carbocycles. The van der Waals surface area contributed by atoms with Gasteiger partial charge in [-0.3, -0.25) is 4.90 Å². The minimum atomic E-state index is 0.865. The van der Waals surface area contributed by atoms with E-state index in [0.29, 0.717) is 0 Å². The van der Waals surface area contributed by atoms with E-state index in [4.69, 9.17) is 4.98 Å². The van der Waals surface area contributed by atoms with E-state index in [0.717, 1.165) is 33.2 Å². The highest BCUT2D eigenvalue weighted by Gasteiger charge is 2.23. The lowest BCUT2D eigenvalue weighted by molar-refractivity contribution is 1.19. The van der Waals surface area contributed by atoms with Gasteiger partial charge in [0, 0.05) is 39.0 Å². The molecule has 0 unspecified atom stereocenters. The summed E-state index contributed by atoms with van der Waals surface area (Å²) in [6.07, 6.45) is 3.66. The average Bonchev–Trinajstić information content (AvgIpc) is 0.729. The highest BCUT2D eigenvalue weighted by molar-refractivity contribution is 9.10. The summed E-state index contributed by atoms with van der Waals surface area (Å²) in [5, 5.41) is 28.1. The number of rotatable bonds is 9. The highest BCUT2D eigenvalue weighted by atomic mass is 79.9. The van der Waals surface area contributed by atoms with Crippen LogP contribution in [0.25, 0.3) is 152 Å². The van der Waals surface area contributed by atoms with Crippen molar-refractivity contribution in [2.75, 3.05) is 10.2 Å². The SMILES string of the molecule is Brc1ccc2c(-c3ccc4ccccc4c3)c3ccccc3c(-c3ccc4ccccc4c3)c2c1.c1ccc(N(c2ccc3c(-c4ccc5ccccc5c4)c4ccccc4c(-c4ccc5ccccc5c4)c3c2)c2cccc3ccccc23)nc1.c1ccc(Nc2cccc3ccccc23)nc1. The number of benzene rings is 18. The summed E-state index contributed by atoms with van der Waals surface area (Å²) in [7, 11) is 0. The fraction of sp³-hybridized carbons (Fsp3) is 0. The molecule has 2 heterocycles. The number of pyridine rings is 2. The predicted molar refractivity (Wildman–Crippen MR) is 444 cm³/mol. The summed E-state index contributed by atoms with van der Waals surface area (Å²) in [6.45, 7) is 0. The molecule has 18 aromatic carbocycles. The quantitative estimate of drug-likeness (QED) is 0.146. The molecule has 0 aliphatic rings. The van der Waals surface area contributed by atoms with E-state index < -0.39 is 0 Å². The van der Waals surface area contributed by atoms with E-state index in [-0.39, 0.29) is 0 Å². The largest absolute Gasteiger partial charge is 0.340 e. The van der Waals surface area contributed by atoms with Crippen LogP contribution in [0.3, 0.4) is 0 Å². The van der Waals surface area contributed by atoms with Gasteiger partial charge in [0.15, 0.2) is 0 Å². The molecular formula is C98H65BrN4. The van der Waals surface area contributed by atoms with E-state index in [1.54, 1.807) is 6.20 Å². The lowest BCUT2D eigenvalue weighted by Crippen LogP contribution is -2.12. The van der Waals surface area contributed by atoms with Crippen LogP contribution in [-0.2, 0) is 0 Å². The Kier molecular flexibility index (Phi) is 16.4. The molecule has 0 aliphatic heterocycles. The van der Waals surface area contributed by atoms with Crippen LogP contribution in [0, 0.1) is 0 Å². The highest BCUT2D eigenvalue weighted by Crippen LogP contribution is 2.49. The topological polar surface area (TPSA) is 41.1 Å². The predicted octanol–water partition coefficient (Wildman–Crippen LogP) is 28.0. The number of hydrogen-bond acceptors (Lipinski definition) is 4. The zero-order valence-electron chi connectivity index (χ0n) is 56.2. The molecule has 2 aromatic heterocycles. The lowest BCUT2D eigenvalue weighted by atomic mass is 9.85. The monoisotopic (exact) mass is 1380 g/mol. The molecule has 0 bridgehead atoms. The molecule has 20 aromatic rings. The van der Waals surface area contributed by atoms with E-state index in [9.17, 15) is 0 Å². The second-order valence-corrected chi connectivity index (χ2v) is 27.1. The van der Waals surface area contributed by atoms with Crippen LogP contribution in [0.2, 0.25) is 0 Å². The summed E-state index contributed by atoms with van der Waals surface area (Å²) < 4.78 is 1.09. The molecule has 0 amide bonds. The van der Waals surface area contributed by atoms with Gasteiger partial charge in [-0.25, -0.2) is 9.97 Å². The molecule has 103 heavy (non-hydrogen) atoms. The third-order valence-corrected chi connectivity index (χ3v) is 20.5. The number of fused-ring (bicyclic) bond motifs is 10. The van der Waals surface area contributed by atoms with Crippen molar-refractivity contribution in [3.05, 3.63) is 393 Å². The Bertz CT molecular complexity index is 6620. The number of nitrogens with zero attached hydrogens (tertiary/aromatic N) is 3. The Morgan fingerprint density at radius 2 is 0.592 bits per heavy atom. The molecule has 0 fully saturated rings. The molecule has 0 saturated carbocycles. The Hall–Kier alpha value is -13.1. The molecule has 0 saturated heterocycles. The Labute approximate surface area is 605 Å². The Balaban J connectivity index is 0.000000125. The summed E-state index contributed by atoms with van der Waals surface area (Å²) in [5.41, 5.74) is 13.2. The van der Waals surface area contributed by atoms with Crippen LogP contribution < -0.4 is 10.2 Å². The standard InChI is InChI=1S/C49H32N2.C34H21Br.C15H12N2/c1-3-15-36-30-38(25-23-33(36)12-1)48-42-19-7-8-20-43(42)49(39-26-24-34-13-2-4-16-37(34)31-39)45-32-40(27-28-44(45)48)51(47-22-9-10-29-50-47)46-21-11-17-35-14-5-6-18-41(35)46;35-28-17-18-31-32(21-28)34(27-16-14-23-8-2-4-10-25(23)20-27)30-12-6-5-11-29(30)33(31)26-15-13-22-7-1-3-9-24(22)19-26;1-2-8-13-12(6-1)7-5-9-14(13)17-15-10-3-4-11-16-15/h1-32H;1-21H;1-11H,(H,16,17). The van der Waals surface area contributed by atoms with Gasteiger partial charge in [0.2, 0.25) is 0 Å². The number of nitrogens with one attached hydrogen (secondary N) is 1. The zero-order chi connectivity index (χ0) is 68.6. The first-order valence-corrected chi connectivity index (χ1v) is 35.7. The molecule has 0 radical (unpaired) electrons. The van der Waals surface area contributed by atoms with E-state index >= 15 is 0 Å². The molecule has 5 heteroatoms. The average molecular weight is 1380 g/mol. The van der Waals surface area contributed by atoms with Crippen LogP contribution >= 0.6 is 15.9 Å². The summed E-state index contributed by atoms with van der Waals surface area (Å²) >= 11 is 3.76. The summed E-state index contributed by atoms with van der Waals surface area (Å²) in [5.74, 6) is 1.74. The maximum absolute atomic E-state index is 4.90. The van der Waals surface area contributed by atoms with Crippen molar-refractivity contribution in [2.45, 2.75) is 0 Å². The van der Waals surface area contributed by atoms with Gasteiger partial charge >= 0.3 is 0 Å². The first-order valence-electron chi connectivity index (χ1n) is 34.9. The molecule has 484 valence electrons. The van der Waals surface area contributed by atoms with E-state index in [2.05, 4.69) is 365 Å². The number of hydrogen-bond donors (Lipinski definition) is 1. The molecule has 0 spiro atoms. The fourth-order valence-corrected chi connectivity index (χ4v) is 15.6. The van der Waals surface area contributed by atoms with Crippen LogP contribution in [-0.4, -0.2) is 9.97 Å². The van der Waals surface area contributed by atoms with Crippen molar-refractivity contribution >= 4 is 152 Å². The van der Waals surface area contributed by atoms with Gasteiger partial charge < -0.3 is 5.32 Å². The normalized spacial score (nSPS) is 11.3. The van der Waals surface area contributed by atoms with Gasteiger partial charge in [0.1, 0.15) is 11.6 Å². The minimum Gasteiger partial charge on any atom is -0.340 e. The lowest BCUT2D eigenvalue weighted by Gasteiger charge is -2.27. The van der Waals surface area contributed by atoms with Gasteiger partial charge in [0.05, 0.1) is 5.69 Å². The molecule has 0 atom stereocenters. The molecular weight excluding hydrogens is 1310 g/mol. The fourth-order valence-electron chi connectivity index (χ4n) is 15.3. The molecule has 4 nitrogen and oxygen atoms in total. The smallest absolute Gasteiger partial charge is 0.137 e. The maximum Gasteiger partial charge on any atom is 0.137 e.